The lowest BCUT2D eigenvalue weighted by atomic mass is 9.97. The van der Waals surface area contributed by atoms with E-state index >= 15 is 0 Å². The Labute approximate surface area is 139 Å². The highest BCUT2D eigenvalue weighted by Crippen LogP contribution is 2.25. The maximum absolute atomic E-state index is 12.7. The van der Waals surface area contributed by atoms with Crippen molar-refractivity contribution in [2.75, 3.05) is 46.4 Å². The average Bonchev–Trinajstić information content (AvgIpc) is 2.55. The zero-order chi connectivity index (χ0) is 16.9. The molecule has 0 spiro atoms. The van der Waals surface area contributed by atoms with Crippen LogP contribution in [0.3, 0.4) is 0 Å². The van der Waals surface area contributed by atoms with Crippen molar-refractivity contribution in [1.82, 2.24) is 13.9 Å². The molecular formula is C15H29N3O4S. The Hall–Kier alpha value is -0.700. The summed E-state index contributed by atoms with van der Waals surface area (Å²) in [6, 6.07) is 0. The quantitative estimate of drug-likeness (QED) is 0.707. The van der Waals surface area contributed by atoms with E-state index in [2.05, 4.69) is 12.2 Å². The Morgan fingerprint density at radius 1 is 1.09 bits per heavy atom. The van der Waals surface area contributed by atoms with E-state index in [4.69, 9.17) is 4.74 Å². The van der Waals surface area contributed by atoms with Gasteiger partial charge in [-0.25, -0.2) is 0 Å². The minimum absolute atomic E-state index is 0.00546. The molecule has 8 heteroatoms. The zero-order valence-corrected chi connectivity index (χ0v) is 15.0. The van der Waals surface area contributed by atoms with Gasteiger partial charge in [0.1, 0.15) is 0 Å². The lowest BCUT2D eigenvalue weighted by molar-refractivity contribution is -0.126. The minimum atomic E-state index is -3.36. The van der Waals surface area contributed by atoms with Gasteiger partial charge >= 0.3 is 0 Å². The van der Waals surface area contributed by atoms with Gasteiger partial charge in [0.15, 0.2) is 0 Å². The average molecular weight is 347 g/mol. The van der Waals surface area contributed by atoms with Crippen LogP contribution in [0.25, 0.3) is 0 Å². The van der Waals surface area contributed by atoms with Crippen LogP contribution in [-0.2, 0) is 19.7 Å². The highest BCUT2D eigenvalue weighted by atomic mass is 32.2. The molecule has 1 N–H and O–H groups in total. The summed E-state index contributed by atoms with van der Waals surface area (Å²) < 4.78 is 33.4. The summed E-state index contributed by atoms with van der Waals surface area (Å²) in [4.78, 5) is 12.0. The van der Waals surface area contributed by atoms with Gasteiger partial charge in [0.2, 0.25) is 5.91 Å². The van der Waals surface area contributed by atoms with E-state index in [9.17, 15) is 13.2 Å². The van der Waals surface area contributed by atoms with Crippen molar-refractivity contribution in [3.05, 3.63) is 0 Å². The van der Waals surface area contributed by atoms with Gasteiger partial charge in [0.05, 0.1) is 6.61 Å². The molecule has 2 aliphatic rings. The van der Waals surface area contributed by atoms with Crippen molar-refractivity contribution in [3.63, 3.8) is 0 Å². The van der Waals surface area contributed by atoms with Crippen molar-refractivity contribution < 1.29 is 17.9 Å². The predicted molar refractivity (Wildman–Crippen MR) is 88.1 cm³/mol. The second-order valence-corrected chi connectivity index (χ2v) is 8.47. The van der Waals surface area contributed by atoms with E-state index < -0.39 is 10.2 Å². The Bertz CT molecular complexity index is 481. The van der Waals surface area contributed by atoms with Gasteiger partial charge in [-0.05, 0) is 31.6 Å². The van der Waals surface area contributed by atoms with Crippen molar-refractivity contribution in [2.45, 2.75) is 32.6 Å². The number of rotatable bonds is 6. The van der Waals surface area contributed by atoms with Gasteiger partial charge in [-0.3, -0.25) is 4.79 Å². The number of ether oxygens (including phenoxy) is 1. The maximum atomic E-state index is 12.7. The Balaban J connectivity index is 1.82. The number of amides is 1. The fourth-order valence-electron chi connectivity index (χ4n) is 3.15. The third kappa shape index (κ3) is 4.89. The van der Waals surface area contributed by atoms with E-state index in [0.29, 0.717) is 58.1 Å². The highest BCUT2D eigenvalue weighted by Gasteiger charge is 2.35. The second kappa shape index (κ2) is 8.41. The summed E-state index contributed by atoms with van der Waals surface area (Å²) in [7, 11) is -1.77. The van der Waals surface area contributed by atoms with Gasteiger partial charge in [0, 0.05) is 45.8 Å². The molecule has 2 saturated heterocycles. The summed E-state index contributed by atoms with van der Waals surface area (Å²) in [6.45, 7) is 5.24. The van der Waals surface area contributed by atoms with Crippen molar-refractivity contribution in [1.29, 1.82) is 0 Å². The molecule has 2 rings (SSSR count). The molecular weight excluding hydrogens is 318 g/mol. The number of carbonyl (C=O) groups is 1. The Morgan fingerprint density at radius 3 is 2.13 bits per heavy atom. The standard InChI is InChI=1S/C15H29N3O4S/c1-13-3-8-17(9-4-13)23(20,21)18-10-5-14(6-11-18)15(19)16-7-12-22-2/h13-14H,3-12H2,1-2H3,(H,16,19). The van der Waals surface area contributed by atoms with Crippen molar-refractivity contribution >= 4 is 16.1 Å². The third-order valence-corrected chi connectivity index (χ3v) is 6.86. The lowest BCUT2D eigenvalue weighted by Crippen LogP contribution is -2.50. The molecule has 0 aromatic heterocycles. The molecule has 0 saturated carbocycles. The number of nitrogens with one attached hydrogen (secondary N) is 1. The Kier molecular flexibility index (Phi) is 6.82. The van der Waals surface area contributed by atoms with E-state index in [1.807, 2.05) is 0 Å². The topological polar surface area (TPSA) is 79.0 Å². The van der Waals surface area contributed by atoms with Crippen LogP contribution in [0.4, 0.5) is 0 Å². The van der Waals surface area contributed by atoms with Crippen LogP contribution < -0.4 is 5.32 Å². The van der Waals surface area contributed by atoms with Crippen molar-refractivity contribution in [2.24, 2.45) is 11.8 Å². The van der Waals surface area contributed by atoms with Crippen LogP contribution in [0.15, 0.2) is 0 Å². The molecule has 2 fully saturated rings. The number of hydrogen-bond acceptors (Lipinski definition) is 4. The van der Waals surface area contributed by atoms with Crippen LogP contribution in [0, 0.1) is 11.8 Å². The molecule has 23 heavy (non-hydrogen) atoms. The molecule has 1 amide bonds. The molecule has 0 aromatic rings. The first-order chi connectivity index (χ1) is 10.9. The first-order valence-electron chi connectivity index (χ1n) is 8.47. The Morgan fingerprint density at radius 2 is 1.61 bits per heavy atom. The molecule has 2 heterocycles. The van der Waals surface area contributed by atoms with Crippen LogP contribution >= 0.6 is 0 Å². The highest BCUT2D eigenvalue weighted by molar-refractivity contribution is 7.86. The molecule has 0 aliphatic carbocycles. The zero-order valence-electron chi connectivity index (χ0n) is 14.2. The third-order valence-electron chi connectivity index (χ3n) is 4.83. The SMILES string of the molecule is COCCNC(=O)C1CCN(S(=O)(=O)N2CCC(C)CC2)CC1. The number of methoxy groups -OCH3 is 1. The molecule has 0 unspecified atom stereocenters. The molecule has 134 valence electrons. The van der Waals surface area contributed by atoms with Crippen LogP contribution in [0.1, 0.15) is 32.6 Å². The molecule has 7 nitrogen and oxygen atoms in total. The minimum Gasteiger partial charge on any atom is -0.383 e. The molecule has 2 aliphatic heterocycles. The van der Waals surface area contributed by atoms with Crippen molar-refractivity contribution in [3.8, 4) is 0 Å². The molecule has 0 radical (unpaired) electrons. The van der Waals surface area contributed by atoms with Gasteiger partial charge in [-0.2, -0.15) is 17.0 Å². The summed E-state index contributed by atoms with van der Waals surface area (Å²) in [5.41, 5.74) is 0. The first kappa shape index (κ1) is 18.6. The monoisotopic (exact) mass is 347 g/mol. The fourth-order valence-corrected chi connectivity index (χ4v) is 4.82. The molecule has 0 atom stereocenters. The van der Waals surface area contributed by atoms with E-state index in [0.717, 1.165) is 12.8 Å². The second-order valence-electron chi connectivity index (χ2n) is 6.55. The predicted octanol–water partition coefficient (Wildman–Crippen LogP) is 0.438. The molecule has 0 bridgehead atoms. The fraction of sp³-hybridized carbons (Fsp3) is 0.933. The number of hydrogen-bond donors (Lipinski definition) is 1. The first-order valence-corrected chi connectivity index (χ1v) is 9.86. The van der Waals surface area contributed by atoms with E-state index in [1.165, 1.54) is 0 Å². The largest absolute Gasteiger partial charge is 0.383 e. The smallest absolute Gasteiger partial charge is 0.281 e. The van der Waals surface area contributed by atoms with E-state index in [-0.39, 0.29) is 11.8 Å². The number of nitrogens with zero attached hydrogens (tertiary/aromatic N) is 2. The number of carbonyl (C=O) groups excluding carboxylic acids is 1. The van der Waals surface area contributed by atoms with Gasteiger partial charge in [-0.1, -0.05) is 6.92 Å². The van der Waals surface area contributed by atoms with Crippen LogP contribution in [0.5, 0.6) is 0 Å². The van der Waals surface area contributed by atoms with Gasteiger partial charge in [0.25, 0.3) is 10.2 Å². The summed E-state index contributed by atoms with van der Waals surface area (Å²) in [6.07, 6.45) is 3.03. The van der Waals surface area contributed by atoms with Gasteiger partial charge in [-0.15, -0.1) is 0 Å². The number of piperidine rings is 2. The van der Waals surface area contributed by atoms with E-state index in [1.54, 1.807) is 15.7 Å². The summed E-state index contributed by atoms with van der Waals surface area (Å²) in [5, 5.41) is 2.83. The molecule has 0 aromatic carbocycles. The summed E-state index contributed by atoms with van der Waals surface area (Å²) in [5.74, 6) is 0.508. The van der Waals surface area contributed by atoms with Gasteiger partial charge < -0.3 is 10.1 Å². The maximum Gasteiger partial charge on any atom is 0.281 e. The van der Waals surface area contributed by atoms with Crippen LogP contribution in [0.2, 0.25) is 0 Å². The normalized spacial score (nSPS) is 23.0. The lowest BCUT2D eigenvalue weighted by Gasteiger charge is -2.37. The van der Waals surface area contributed by atoms with Crippen LogP contribution in [-0.4, -0.2) is 69.4 Å². The summed E-state index contributed by atoms with van der Waals surface area (Å²) >= 11 is 0.